The maximum Gasteiger partial charge on any atom is 0.175 e. The van der Waals surface area contributed by atoms with E-state index in [1.54, 1.807) is 42.5 Å². The van der Waals surface area contributed by atoms with Gasteiger partial charge in [-0.2, -0.15) is 4.91 Å². The second-order valence-electron chi connectivity index (χ2n) is 8.93. The van der Waals surface area contributed by atoms with Crippen LogP contribution in [-0.2, 0) is 16.4 Å². The molecule has 1 heterocycles. The topological polar surface area (TPSA) is 137 Å². The highest BCUT2D eigenvalue weighted by Crippen LogP contribution is 2.36. The first kappa shape index (κ1) is 28.0. The molecule has 12 heteroatoms. The van der Waals surface area contributed by atoms with Crippen LogP contribution < -0.4 is 16.6 Å². The Morgan fingerprint density at radius 2 is 1.82 bits per heavy atom. The molecule has 9 nitrogen and oxygen atoms in total. The SMILES string of the molecule is Cc1cn(-c2ccc(-c3cc(F)c(CN=O)c(S(C)(=O)=O)c3)cc2N(N)/C(=C\N)c2ccc(Cl)cc2)c(C)n1. The van der Waals surface area contributed by atoms with Crippen molar-refractivity contribution in [2.75, 3.05) is 11.3 Å². The highest BCUT2D eigenvalue weighted by molar-refractivity contribution is 7.90. The first-order valence-corrected chi connectivity index (χ1v) is 13.9. The van der Waals surface area contributed by atoms with Gasteiger partial charge in [0, 0.05) is 34.8 Å². The molecule has 4 aromatic rings. The second kappa shape index (κ2) is 11.0. The normalized spacial score (nSPS) is 12.0. The summed E-state index contributed by atoms with van der Waals surface area (Å²) < 4.78 is 41.8. The van der Waals surface area contributed by atoms with Crippen LogP contribution in [0, 0.1) is 24.6 Å². The monoisotopic (exact) mass is 568 g/mol. The van der Waals surface area contributed by atoms with Crippen molar-refractivity contribution in [2.45, 2.75) is 25.3 Å². The Labute approximate surface area is 230 Å². The number of nitrogens with zero attached hydrogens (tertiary/aromatic N) is 4. The van der Waals surface area contributed by atoms with Crippen molar-refractivity contribution in [1.29, 1.82) is 0 Å². The zero-order valence-corrected chi connectivity index (χ0v) is 23.0. The summed E-state index contributed by atoms with van der Waals surface area (Å²) in [6.45, 7) is 3.10. The molecule has 0 saturated carbocycles. The van der Waals surface area contributed by atoms with Gasteiger partial charge in [0.25, 0.3) is 0 Å². The third-order valence-corrected chi connectivity index (χ3v) is 7.58. The van der Waals surface area contributed by atoms with Crippen molar-refractivity contribution in [1.82, 2.24) is 9.55 Å². The van der Waals surface area contributed by atoms with Crippen LogP contribution in [0.2, 0.25) is 5.02 Å². The molecule has 4 rings (SSSR count). The molecule has 0 saturated heterocycles. The van der Waals surface area contributed by atoms with E-state index in [1.165, 1.54) is 23.3 Å². The quantitative estimate of drug-likeness (QED) is 0.168. The minimum absolute atomic E-state index is 0.270. The minimum atomic E-state index is -3.87. The number of hydrazine groups is 1. The zero-order valence-electron chi connectivity index (χ0n) is 21.4. The highest BCUT2D eigenvalue weighted by Gasteiger charge is 2.22. The molecule has 39 heavy (non-hydrogen) atoms. The third-order valence-electron chi connectivity index (χ3n) is 6.16. The Bertz CT molecular complexity index is 1700. The average molecular weight is 569 g/mol. The van der Waals surface area contributed by atoms with E-state index in [9.17, 15) is 13.3 Å². The maximum absolute atomic E-state index is 15.1. The number of nitroso groups, excluding NO2 is 1. The third kappa shape index (κ3) is 5.70. The number of aromatic nitrogens is 2. The van der Waals surface area contributed by atoms with Gasteiger partial charge in [0.1, 0.15) is 18.2 Å². The van der Waals surface area contributed by atoms with Gasteiger partial charge >= 0.3 is 0 Å². The molecule has 0 spiro atoms. The van der Waals surface area contributed by atoms with Gasteiger partial charge in [0.15, 0.2) is 9.84 Å². The van der Waals surface area contributed by atoms with E-state index in [1.807, 2.05) is 24.6 Å². The van der Waals surface area contributed by atoms with Gasteiger partial charge in [-0.3, -0.25) is 5.01 Å². The van der Waals surface area contributed by atoms with E-state index in [0.29, 0.717) is 39.0 Å². The van der Waals surface area contributed by atoms with E-state index >= 15 is 4.39 Å². The molecular weight excluding hydrogens is 543 g/mol. The van der Waals surface area contributed by atoms with Gasteiger partial charge in [-0.05, 0) is 61.4 Å². The van der Waals surface area contributed by atoms with Gasteiger partial charge in [0.05, 0.1) is 27.7 Å². The van der Waals surface area contributed by atoms with Gasteiger partial charge in [-0.1, -0.05) is 35.0 Å². The van der Waals surface area contributed by atoms with Crippen molar-refractivity contribution in [3.63, 3.8) is 0 Å². The Hall–Kier alpha value is -4.06. The smallest absolute Gasteiger partial charge is 0.175 e. The van der Waals surface area contributed by atoms with Crippen LogP contribution in [-0.4, -0.2) is 24.2 Å². The molecule has 0 bridgehead atoms. The second-order valence-corrected chi connectivity index (χ2v) is 11.3. The summed E-state index contributed by atoms with van der Waals surface area (Å²) >= 11 is 6.06. The number of benzene rings is 3. The van der Waals surface area contributed by atoms with Crippen molar-refractivity contribution < 1.29 is 12.8 Å². The molecule has 0 fully saturated rings. The van der Waals surface area contributed by atoms with Crippen molar-refractivity contribution in [3.8, 4) is 16.8 Å². The lowest BCUT2D eigenvalue weighted by molar-refractivity contribution is 0.586. The van der Waals surface area contributed by atoms with E-state index in [-0.39, 0.29) is 16.0 Å². The maximum atomic E-state index is 15.1. The van der Waals surface area contributed by atoms with Gasteiger partial charge < -0.3 is 10.3 Å². The molecular formula is C27H26ClFN6O3S. The van der Waals surface area contributed by atoms with E-state index in [2.05, 4.69) is 10.2 Å². The molecule has 4 N–H and O–H groups in total. The molecule has 0 amide bonds. The number of nitrogens with two attached hydrogens (primary N) is 2. The summed E-state index contributed by atoms with van der Waals surface area (Å²) in [7, 11) is -3.87. The number of rotatable bonds is 8. The molecule has 0 aliphatic rings. The first-order chi connectivity index (χ1) is 18.4. The summed E-state index contributed by atoms with van der Waals surface area (Å²) in [5.41, 5.74) is 9.52. The zero-order chi connectivity index (χ0) is 28.5. The molecule has 1 aromatic heterocycles. The van der Waals surface area contributed by atoms with Crippen molar-refractivity contribution in [2.24, 2.45) is 16.8 Å². The highest BCUT2D eigenvalue weighted by atomic mass is 35.5. The minimum Gasteiger partial charge on any atom is -0.403 e. The van der Waals surface area contributed by atoms with Crippen molar-refractivity contribution in [3.05, 3.63) is 105 Å². The van der Waals surface area contributed by atoms with E-state index < -0.39 is 22.2 Å². The standard InChI is InChI=1S/C27H26ClFN6O3S/c1-16-15-34(17(2)33-16)24-9-6-19(20-10-23(29)22(14-32-36)27(12-20)39(3,37)38)11-25(24)35(31)26(13-30)18-4-7-21(28)8-5-18/h4-13,15H,14,30-31H2,1-3H3/b26-13-. The number of hydrogen-bond donors (Lipinski definition) is 2. The number of imidazole rings is 1. The van der Waals surface area contributed by atoms with Crippen LogP contribution in [0.4, 0.5) is 10.1 Å². The Morgan fingerprint density at radius 1 is 1.13 bits per heavy atom. The summed E-state index contributed by atoms with van der Waals surface area (Å²) in [6.07, 6.45) is 4.15. The fourth-order valence-electron chi connectivity index (χ4n) is 4.35. The fourth-order valence-corrected chi connectivity index (χ4v) is 5.43. The summed E-state index contributed by atoms with van der Waals surface area (Å²) in [4.78, 5) is 15.0. The predicted octanol–water partition coefficient (Wildman–Crippen LogP) is 5.26. The summed E-state index contributed by atoms with van der Waals surface area (Å²) in [5.74, 6) is 6.51. The Balaban J connectivity index is 1.95. The lowest BCUT2D eigenvalue weighted by Gasteiger charge is -2.26. The lowest BCUT2D eigenvalue weighted by Crippen LogP contribution is -2.31. The number of halogens is 2. The van der Waals surface area contributed by atoms with Crippen LogP contribution in [0.15, 0.2) is 77.1 Å². The molecule has 0 aliphatic carbocycles. The Morgan fingerprint density at radius 3 is 2.38 bits per heavy atom. The van der Waals surface area contributed by atoms with Crippen LogP contribution in [0.1, 0.15) is 22.6 Å². The molecule has 0 radical (unpaired) electrons. The van der Waals surface area contributed by atoms with Gasteiger partial charge in [-0.15, -0.1) is 0 Å². The number of aryl methyl sites for hydroxylation is 2. The average Bonchev–Trinajstić information content (AvgIpc) is 3.23. The number of sulfone groups is 1. The first-order valence-electron chi connectivity index (χ1n) is 11.7. The van der Waals surface area contributed by atoms with Gasteiger partial charge in [-0.25, -0.2) is 23.6 Å². The van der Waals surface area contributed by atoms with E-state index in [4.69, 9.17) is 23.2 Å². The van der Waals surface area contributed by atoms with Crippen LogP contribution in [0.3, 0.4) is 0 Å². The number of anilines is 1. The fraction of sp³-hybridized carbons (Fsp3) is 0.148. The molecule has 202 valence electrons. The summed E-state index contributed by atoms with van der Waals surface area (Å²) in [5, 5.41) is 4.61. The number of hydrogen-bond acceptors (Lipinski definition) is 8. The molecule has 0 aliphatic heterocycles. The van der Waals surface area contributed by atoms with Crippen LogP contribution >= 0.6 is 11.6 Å². The van der Waals surface area contributed by atoms with Crippen LogP contribution in [0.5, 0.6) is 0 Å². The largest absolute Gasteiger partial charge is 0.403 e. The van der Waals surface area contributed by atoms with Gasteiger partial charge in [0.2, 0.25) is 0 Å². The van der Waals surface area contributed by atoms with Crippen LogP contribution in [0.25, 0.3) is 22.5 Å². The van der Waals surface area contributed by atoms with E-state index in [0.717, 1.165) is 11.9 Å². The molecule has 0 unspecified atom stereocenters. The Kier molecular flexibility index (Phi) is 7.86. The lowest BCUT2D eigenvalue weighted by atomic mass is 10.0. The molecule has 0 atom stereocenters. The van der Waals surface area contributed by atoms with Crippen molar-refractivity contribution >= 4 is 32.8 Å². The molecule has 3 aromatic carbocycles. The predicted molar refractivity (Wildman–Crippen MR) is 151 cm³/mol. The summed E-state index contributed by atoms with van der Waals surface area (Å²) in [6, 6.07) is 14.6.